The number of aliphatic hydroxyl groups excluding tert-OH is 2. The van der Waals surface area contributed by atoms with Crippen LogP contribution in [0.4, 0.5) is 5.69 Å². The molecule has 9 heteroatoms. The number of anilines is 1. The summed E-state index contributed by atoms with van der Waals surface area (Å²) < 4.78 is 6.42. The van der Waals surface area contributed by atoms with Crippen LogP contribution in [0, 0.1) is 5.92 Å². The molecule has 0 bridgehead atoms. The van der Waals surface area contributed by atoms with Gasteiger partial charge in [0.1, 0.15) is 6.10 Å². The maximum atomic E-state index is 13.0. The maximum absolute atomic E-state index is 13.0. The first kappa shape index (κ1) is 26.8. The number of hydrogen-bond donors (Lipinski definition) is 4. The van der Waals surface area contributed by atoms with Crippen molar-refractivity contribution < 1.29 is 29.3 Å². The molecule has 34 heavy (non-hydrogen) atoms. The number of carbonyl (C=O) groups is 2. The van der Waals surface area contributed by atoms with Gasteiger partial charge in [0.05, 0.1) is 31.3 Å². The molecule has 2 fully saturated rings. The molecule has 8 nitrogen and oxygen atoms in total. The standard InChI is InChI=1S/C25H40N2O6Si/c1-16-21(12-9-18-7-10-19(11-8-18)26-25(31)17(2)29)33-22(24(16)34(3,4)32)14-23(30)27-13-5-6-20(27)15-28/h7-8,10-11,16-17,20-22,24,28-29,32H,5-6,9,12-15H2,1-4H3,(H,26,31)/t16-,17-,20-,21+,22-,24+/m0/s1. The number of likely N-dealkylation sites (tertiary alicyclic amines) is 1. The molecule has 4 N–H and O–H groups in total. The van der Waals surface area contributed by atoms with E-state index < -0.39 is 20.3 Å². The highest BCUT2D eigenvalue weighted by atomic mass is 28.4. The normalized spacial score (nSPS) is 28.2. The van der Waals surface area contributed by atoms with Gasteiger partial charge >= 0.3 is 0 Å². The van der Waals surface area contributed by atoms with Gasteiger partial charge in [0.15, 0.2) is 8.32 Å². The molecule has 0 saturated carbocycles. The van der Waals surface area contributed by atoms with E-state index in [1.807, 2.05) is 37.4 Å². The van der Waals surface area contributed by atoms with Crippen molar-refractivity contribution in [3.63, 3.8) is 0 Å². The quantitative estimate of drug-likeness (QED) is 0.393. The highest BCUT2D eigenvalue weighted by Crippen LogP contribution is 2.45. The first-order chi connectivity index (χ1) is 16.0. The summed E-state index contributed by atoms with van der Waals surface area (Å²) in [6.45, 7) is 8.04. The Bertz CT molecular complexity index is 841. The van der Waals surface area contributed by atoms with Crippen LogP contribution in [0.25, 0.3) is 0 Å². The van der Waals surface area contributed by atoms with Crippen molar-refractivity contribution in [2.45, 2.75) is 88.9 Å². The highest BCUT2D eigenvalue weighted by molar-refractivity contribution is 6.71. The van der Waals surface area contributed by atoms with Crippen LogP contribution in [-0.2, 0) is 20.7 Å². The minimum atomic E-state index is -2.57. The lowest BCUT2D eigenvalue weighted by Crippen LogP contribution is -2.43. The number of aryl methyl sites for hydroxylation is 1. The van der Waals surface area contributed by atoms with Gasteiger partial charge in [-0.25, -0.2) is 0 Å². The van der Waals surface area contributed by atoms with Crippen LogP contribution >= 0.6 is 0 Å². The Labute approximate surface area is 203 Å². The van der Waals surface area contributed by atoms with Crippen molar-refractivity contribution >= 4 is 25.8 Å². The molecule has 190 valence electrons. The topological polar surface area (TPSA) is 119 Å². The van der Waals surface area contributed by atoms with E-state index >= 15 is 0 Å². The van der Waals surface area contributed by atoms with Crippen LogP contribution in [-0.4, -0.2) is 77.5 Å². The molecule has 0 radical (unpaired) electrons. The molecule has 0 unspecified atom stereocenters. The van der Waals surface area contributed by atoms with Gasteiger partial charge in [-0.15, -0.1) is 0 Å². The monoisotopic (exact) mass is 492 g/mol. The minimum absolute atomic E-state index is 0.00693. The molecular formula is C25H40N2O6Si. The van der Waals surface area contributed by atoms with Crippen molar-refractivity contribution in [2.24, 2.45) is 5.92 Å². The molecule has 2 amide bonds. The number of nitrogens with zero attached hydrogens (tertiary/aromatic N) is 1. The number of aliphatic hydroxyl groups is 2. The number of nitrogens with one attached hydrogen (secondary N) is 1. The van der Waals surface area contributed by atoms with Crippen molar-refractivity contribution in [1.82, 2.24) is 4.90 Å². The molecule has 0 aliphatic carbocycles. The van der Waals surface area contributed by atoms with E-state index in [-0.39, 0.29) is 48.6 Å². The molecular weight excluding hydrogens is 452 g/mol. The fraction of sp³-hybridized carbons (Fsp3) is 0.680. The summed E-state index contributed by atoms with van der Waals surface area (Å²) in [5.74, 6) is -0.295. The first-order valence-corrected chi connectivity index (χ1v) is 15.4. The van der Waals surface area contributed by atoms with E-state index in [0.717, 1.165) is 31.2 Å². The summed E-state index contributed by atoms with van der Waals surface area (Å²) in [5.41, 5.74) is 1.70. The van der Waals surface area contributed by atoms with Gasteiger partial charge in [0.2, 0.25) is 5.91 Å². The van der Waals surface area contributed by atoms with Crippen LogP contribution in [0.1, 0.15) is 45.1 Å². The van der Waals surface area contributed by atoms with Crippen LogP contribution in [0.15, 0.2) is 24.3 Å². The summed E-state index contributed by atoms with van der Waals surface area (Å²) >= 11 is 0. The predicted molar refractivity (Wildman–Crippen MR) is 133 cm³/mol. The van der Waals surface area contributed by atoms with E-state index in [0.29, 0.717) is 12.2 Å². The van der Waals surface area contributed by atoms with E-state index in [2.05, 4.69) is 12.2 Å². The molecule has 3 rings (SSSR count). The zero-order valence-electron chi connectivity index (χ0n) is 20.7. The first-order valence-electron chi connectivity index (χ1n) is 12.4. The molecule has 1 aromatic rings. The van der Waals surface area contributed by atoms with Gasteiger partial charge in [0, 0.05) is 17.8 Å². The molecule has 0 aromatic heterocycles. The van der Waals surface area contributed by atoms with Crippen molar-refractivity contribution in [3.8, 4) is 0 Å². The fourth-order valence-electron chi connectivity index (χ4n) is 5.56. The molecule has 1 aromatic carbocycles. The van der Waals surface area contributed by atoms with Crippen LogP contribution in [0.5, 0.6) is 0 Å². The largest absolute Gasteiger partial charge is 0.432 e. The molecule has 0 spiro atoms. The number of benzene rings is 1. The zero-order chi connectivity index (χ0) is 25.0. The Morgan fingerprint density at radius 2 is 1.91 bits per heavy atom. The van der Waals surface area contributed by atoms with E-state index in [1.54, 1.807) is 4.90 Å². The Kier molecular flexibility index (Phi) is 8.91. The van der Waals surface area contributed by atoms with Gasteiger partial charge < -0.3 is 30.0 Å². The lowest BCUT2D eigenvalue weighted by atomic mass is 9.95. The second-order valence-corrected chi connectivity index (χ2v) is 14.4. The molecule has 2 aliphatic heterocycles. The van der Waals surface area contributed by atoms with E-state index in [4.69, 9.17) is 4.74 Å². The Morgan fingerprint density at radius 1 is 1.24 bits per heavy atom. The molecule has 6 atom stereocenters. The summed E-state index contributed by atoms with van der Waals surface area (Å²) in [6, 6.07) is 7.42. The van der Waals surface area contributed by atoms with Crippen molar-refractivity contribution in [1.29, 1.82) is 0 Å². The zero-order valence-corrected chi connectivity index (χ0v) is 21.7. The minimum Gasteiger partial charge on any atom is -0.432 e. The summed E-state index contributed by atoms with van der Waals surface area (Å²) in [5, 5.41) is 21.6. The van der Waals surface area contributed by atoms with Crippen LogP contribution in [0.3, 0.4) is 0 Å². The lowest BCUT2D eigenvalue weighted by Gasteiger charge is -2.31. The van der Waals surface area contributed by atoms with Gasteiger partial charge in [0.25, 0.3) is 5.91 Å². The Morgan fingerprint density at radius 3 is 2.50 bits per heavy atom. The van der Waals surface area contributed by atoms with Gasteiger partial charge in [-0.2, -0.15) is 0 Å². The van der Waals surface area contributed by atoms with E-state index in [9.17, 15) is 24.6 Å². The average Bonchev–Trinajstić information content (AvgIpc) is 3.37. The van der Waals surface area contributed by atoms with Crippen LogP contribution < -0.4 is 5.32 Å². The second-order valence-electron chi connectivity index (χ2n) is 10.4. The Balaban J connectivity index is 1.61. The maximum Gasteiger partial charge on any atom is 0.252 e. The lowest BCUT2D eigenvalue weighted by molar-refractivity contribution is -0.135. The molecule has 2 saturated heterocycles. The number of hydrogen-bond acceptors (Lipinski definition) is 6. The number of rotatable bonds is 9. The predicted octanol–water partition coefficient (Wildman–Crippen LogP) is 2.28. The third-order valence-electron chi connectivity index (χ3n) is 7.32. The fourth-order valence-corrected chi connectivity index (χ4v) is 8.17. The van der Waals surface area contributed by atoms with Gasteiger partial charge in [-0.05, 0) is 69.3 Å². The van der Waals surface area contributed by atoms with Crippen molar-refractivity contribution in [2.75, 3.05) is 18.5 Å². The summed E-state index contributed by atoms with van der Waals surface area (Å²) in [7, 11) is -2.57. The number of amides is 2. The average molecular weight is 493 g/mol. The smallest absolute Gasteiger partial charge is 0.252 e. The molecule has 2 heterocycles. The third-order valence-corrected chi connectivity index (χ3v) is 9.85. The van der Waals surface area contributed by atoms with Crippen molar-refractivity contribution in [3.05, 3.63) is 29.8 Å². The summed E-state index contributed by atoms with van der Waals surface area (Å²) in [4.78, 5) is 37.4. The SMILES string of the molecule is C[C@@H]1[C@@H]([Si](C)(C)O)[C@H](CC(=O)N2CCC[C@H]2CO)O[C@@H]1CCc1ccc(NC(=O)[C@H](C)O)cc1. The van der Waals surface area contributed by atoms with Gasteiger partial charge in [-0.1, -0.05) is 19.1 Å². The van der Waals surface area contributed by atoms with Gasteiger partial charge in [-0.3, -0.25) is 9.59 Å². The number of ether oxygens (including phenoxy) is 1. The van der Waals surface area contributed by atoms with Crippen LogP contribution in [0.2, 0.25) is 18.6 Å². The van der Waals surface area contributed by atoms with E-state index in [1.165, 1.54) is 6.92 Å². The third kappa shape index (κ3) is 6.45. The Hall–Kier alpha value is -1.78. The highest BCUT2D eigenvalue weighted by Gasteiger charge is 2.50. The second kappa shape index (κ2) is 11.3. The summed E-state index contributed by atoms with van der Waals surface area (Å²) in [6.07, 6.45) is 2.11. The number of carbonyl (C=O) groups excluding carboxylic acids is 2. The molecule has 2 aliphatic rings.